The van der Waals surface area contributed by atoms with Gasteiger partial charge in [0, 0.05) is 49.0 Å². The minimum Gasteiger partial charge on any atom is -0.469 e. The molecule has 0 fully saturated rings. The second-order valence-electron chi connectivity index (χ2n) is 12.3. The van der Waals surface area contributed by atoms with E-state index in [9.17, 15) is 38.7 Å². The van der Waals surface area contributed by atoms with Crippen molar-refractivity contribution in [3.05, 3.63) is 69.6 Å². The Kier molecular flexibility index (Phi) is 10.5. The van der Waals surface area contributed by atoms with Gasteiger partial charge in [0.05, 0.1) is 23.4 Å². The number of Topliss-reactive ketones (excluding diaryl/α,β-unsaturated/α-hetero) is 4. The van der Waals surface area contributed by atoms with Gasteiger partial charge in [0.25, 0.3) is 6.47 Å². The normalized spacial score (nSPS) is 24.9. The molecule has 0 amide bonds. The quantitative estimate of drug-likeness (QED) is 0.131. The molecule has 2 heterocycles. The van der Waals surface area contributed by atoms with Crippen molar-refractivity contribution in [3.8, 4) is 0 Å². The summed E-state index contributed by atoms with van der Waals surface area (Å²) >= 11 is 0. The van der Waals surface area contributed by atoms with Gasteiger partial charge in [-0.05, 0) is 65.5 Å². The molecule has 4 aliphatic rings. The SMILES string of the molecule is CC(=O)OC1(C)C(=O)C2=COC(CCCC(C)O)=CC2=C(C2=C3C=C(CCCC(C)OC=O)OC=C3C(=O)C(C)(OC(C)=O)C2=O)C1=O. The number of carbonyl (C=O) groups is 7. The Morgan fingerprint density at radius 3 is 1.56 bits per heavy atom. The van der Waals surface area contributed by atoms with Crippen molar-refractivity contribution >= 4 is 41.5 Å². The summed E-state index contributed by atoms with van der Waals surface area (Å²) in [6, 6.07) is 0. The fraction of sp³-hybridized carbons (Fsp3) is 0.457. The maximum absolute atomic E-state index is 14.5. The minimum atomic E-state index is -2.42. The molecular formula is C35H38O13. The van der Waals surface area contributed by atoms with Gasteiger partial charge in [-0.1, -0.05) is 0 Å². The number of ketones is 4. The Morgan fingerprint density at radius 1 is 0.771 bits per heavy atom. The monoisotopic (exact) mass is 666 g/mol. The van der Waals surface area contributed by atoms with Gasteiger partial charge in [0.1, 0.15) is 24.0 Å². The number of hydrogen-bond acceptors (Lipinski definition) is 13. The van der Waals surface area contributed by atoms with Crippen LogP contribution in [-0.4, -0.2) is 70.1 Å². The second kappa shape index (κ2) is 14.1. The average molecular weight is 667 g/mol. The van der Waals surface area contributed by atoms with Gasteiger partial charge in [-0.2, -0.15) is 0 Å². The Morgan fingerprint density at radius 2 is 1.19 bits per heavy atom. The molecule has 2 aliphatic carbocycles. The van der Waals surface area contributed by atoms with Crippen LogP contribution in [0.5, 0.6) is 0 Å². The molecule has 0 bridgehead atoms. The number of rotatable bonds is 13. The predicted octanol–water partition coefficient (Wildman–Crippen LogP) is 3.41. The number of esters is 2. The topological polar surface area (TPSA) is 186 Å². The molecule has 0 saturated carbocycles. The summed E-state index contributed by atoms with van der Waals surface area (Å²) in [5, 5.41) is 9.72. The van der Waals surface area contributed by atoms with Crippen LogP contribution < -0.4 is 0 Å². The number of ether oxygens (including phenoxy) is 5. The summed E-state index contributed by atoms with van der Waals surface area (Å²) in [6.45, 7) is 7.96. The van der Waals surface area contributed by atoms with E-state index in [2.05, 4.69) is 0 Å². The molecule has 0 radical (unpaired) electrons. The molecule has 0 spiro atoms. The van der Waals surface area contributed by atoms with E-state index in [1.165, 1.54) is 12.2 Å². The minimum absolute atomic E-state index is 0.0103. The van der Waals surface area contributed by atoms with Crippen molar-refractivity contribution in [1.82, 2.24) is 0 Å². The van der Waals surface area contributed by atoms with Crippen LogP contribution in [0, 0.1) is 0 Å². The maximum atomic E-state index is 14.5. The summed E-state index contributed by atoms with van der Waals surface area (Å²) in [7, 11) is 0. The molecule has 256 valence electrons. The highest BCUT2D eigenvalue weighted by molar-refractivity contribution is 6.37. The largest absolute Gasteiger partial charge is 0.469 e. The number of hydrogen-bond donors (Lipinski definition) is 1. The lowest BCUT2D eigenvalue weighted by molar-refractivity contribution is -0.168. The van der Waals surface area contributed by atoms with E-state index in [-0.39, 0.29) is 46.0 Å². The first-order chi connectivity index (χ1) is 22.5. The second-order valence-corrected chi connectivity index (χ2v) is 12.3. The van der Waals surface area contributed by atoms with Gasteiger partial charge in [-0.15, -0.1) is 0 Å². The molecule has 1 N–H and O–H groups in total. The number of aliphatic hydroxyl groups is 1. The fourth-order valence-corrected chi connectivity index (χ4v) is 5.97. The van der Waals surface area contributed by atoms with E-state index >= 15 is 0 Å². The van der Waals surface area contributed by atoms with Crippen LogP contribution in [0.4, 0.5) is 0 Å². The maximum Gasteiger partial charge on any atom is 0.304 e. The number of fused-ring (bicyclic) bond motifs is 2. The molecule has 4 rings (SSSR count). The first-order valence-corrected chi connectivity index (χ1v) is 15.5. The molecule has 13 nitrogen and oxygen atoms in total. The summed E-state index contributed by atoms with van der Waals surface area (Å²) < 4.78 is 27.0. The molecule has 4 atom stereocenters. The molecular weight excluding hydrogens is 628 g/mol. The lowest BCUT2D eigenvalue weighted by atomic mass is 9.67. The summed E-state index contributed by atoms with van der Waals surface area (Å²) in [6.07, 6.45) is 6.58. The molecule has 13 heteroatoms. The van der Waals surface area contributed by atoms with Crippen molar-refractivity contribution < 1.29 is 62.4 Å². The Bertz CT molecular complexity index is 1660. The number of carbonyl (C=O) groups excluding carboxylic acids is 7. The number of allylic oxidation sites excluding steroid dienone is 6. The Hall–Kier alpha value is -4.91. The van der Waals surface area contributed by atoms with Crippen LogP contribution in [0.2, 0.25) is 0 Å². The van der Waals surface area contributed by atoms with Gasteiger partial charge in [-0.25, -0.2) is 0 Å². The van der Waals surface area contributed by atoms with E-state index in [1.807, 2.05) is 0 Å². The fourth-order valence-electron chi connectivity index (χ4n) is 5.97. The molecule has 0 saturated heterocycles. The van der Waals surface area contributed by atoms with Crippen LogP contribution in [0.25, 0.3) is 0 Å². The van der Waals surface area contributed by atoms with Gasteiger partial charge < -0.3 is 28.8 Å². The van der Waals surface area contributed by atoms with Crippen molar-refractivity contribution in [1.29, 1.82) is 0 Å². The molecule has 4 unspecified atom stereocenters. The molecule has 0 aromatic heterocycles. The van der Waals surface area contributed by atoms with E-state index < -0.39 is 52.4 Å². The van der Waals surface area contributed by atoms with Crippen LogP contribution in [0.1, 0.15) is 80.1 Å². The van der Waals surface area contributed by atoms with Gasteiger partial charge >= 0.3 is 11.9 Å². The first kappa shape index (κ1) is 35.9. The summed E-state index contributed by atoms with van der Waals surface area (Å²) in [5.74, 6) is -5.11. The smallest absolute Gasteiger partial charge is 0.304 e. The summed E-state index contributed by atoms with van der Waals surface area (Å²) in [4.78, 5) is 91.7. The third-order valence-corrected chi connectivity index (χ3v) is 8.37. The predicted molar refractivity (Wildman–Crippen MR) is 165 cm³/mol. The highest BCUT2D eigenvalue weighted by Gasteiger charge is 2.59. The van der Waals surface area contributed by atoms with E-state index in [0.29, 0.717) is 50.1 Å². The zero-order chi connectivity index (χ0) is 35.6. The van der Waals surface area contributed by atoms with E-state index in [1.54, 1.807) is 13.8 Å². The van der Waals surface area contributed by atoms with Gasteiger partial charge in [-0.3, -0.25) is 33.6 Å². The third-order valence-electron chi connectivity index (χ3n) is 8.37. The molecule has 2 aliphatic heterocycles. The molecule has 0 aromatic carbocycles. The zero-order valence-electron chi connectivity index (χ0n) is 27.6. The van der Waals surface area contributed by atoms with E-state index in [4.69, 9.17) is 23.7 Å². The zero-order valence-corrected chi connectivity index (χ0v) is 27.6. The van der Waals surface area contributed by atoms with Gasteiger partial charge in [0.15, 0.2) is 0 Å². The molecule has 0 aromatic rings. The van der Waals surface area contributed by atoms with Crippen LogP contribution in [0.3, 0.4) is 0 Å². The van der Waals surface area contributed by atoms with Crippen molar-refractivity contribution in [2.75, 3.05) is 0 Å². The van der Waals surface area contributed by atoms with E-state index in [0.717, 1.165) is 40.2 Å². The van der Waals surface area contributed by atoms with Crippen molar-refractivity contribution in [2.45, 2.75) is 103 Å². The lowest BCUT2D eigenvalue weighted by Gasteiger charge is -2.39. The van der Waals surface area contributed by atoms with Crippen LogP contribution in [0.15, 0.2) is 69.6 Å². The standard InChI is InChI=1S/C35H38O13/c1-18(37)9-7-11-22-13-24-26(15-44-22)30(40)34(5,47-20(3)38)32(42)28(24)29-25-14-23(12-8-10-19(2)46-17-36)45-16-27(25)31(41)35(6,33(29)43)48-21(4)39/h13-19,37H,7-12H2,1-6H3. The third kappa shape index (κ3) is 6.86. The highest BCUT2D eigenvalue weighted by Crippen LogP contribution is 2.46. The van der Waals surface area contributed by atoms with Crippen molar-refractivity contribution in [3.63, 3.8) is 0 Å². The van der Waals surface area contributed by atoms with Crippen LogP contribution in [-0.2, 0) is 57.2 Å². The average Bonchev–Trinajstić information content (AvgIpc) is 3.00. The Labute approximate surface area is 276 Å². The number of aliphatic hydroxyl groups excluding tert-OH is 1. The van der Waals surface area contributed by atoms with Crippen molar-refractivity contribution in [2.24, 2.45) is 0 Å². The van der Waals surface area contributed by atoms with Crippen LogP contribution >= 0.6 is 0 Å². The highest BCUT2D eigenvalue weighted by atomic mass is 16.6. The first-order valence-electron chi connectivity index (χ1n) is 15.5. The van der Waals surface area contributed by atoms with Gasteiger partial charge in [0.2, 0.25) is 34.3 Å². The lowest BCUT2D eigenvalue weighted by Crippen LogP contribution is -2.56. The molecule has 48 heavy (non-hydrogen) atoms. The summed E-state index contributed by atoms with van der Waals surface area (Å²) in [5.41, 5.74) is -5.88. The Balaban J connectivity index is 1.99.